The fourth-order valence-electron chi connectivity index (χ4n) is 8.26. The molecule has 12 aromatic rings. The molecular formula is C49H27N3O2S. The number of benzene rings is 8. The molecule has 55 heavy (non-hydrogen) atoms. The van der Waals surface area contributed by atoms with Crippen molar-refractivity contribution in [2.45, 2.75) is 0 Å². The molecule has 256 valence electrons. The van der Waals surface area contributed by atoms with Crippen molar-refractivity contribution in [3.8, 4) is 45.3 Å². The van der Waals surface area contributed by atoms with Crippen molar-refractivity contribution in [1.29, 1.82) is 0 Å². The van der Waals surface area contributed by atoms with Crippen LogP contribution in [-0.2, 0) is 0 Å². The average molecular weight is 722 g/mol. The highest BCUT2D eigenvalue weighted by Crippen LogP contribution is 2.45. The summed E-state index contributed by atoms with van der Waals surface area (Å²) in [5, 5.41) is 8.72. The molecule has 12 rings (SSSR count). The lowest BCUT2D eigenvalue weighted by molar-refractivity contribution is 0.668. The molecule has 0 saturated carbocycles. The Morgan fingerprint density at radius 2 is 0.964 bits per heavy atom. The Balaban J connectivity index is 1.16. The fraction of sp³-hybridized carbons (Fsp3) is 0. The molecule has 4 aromatic heterocycles. The van der Waals surface area contributed by atoms with Gasteiger partial charge < -0.3 is 8.83 Å². The van der Waals surface area contributed by atoms with E-state index in [1.165, 1.54) is 14.8 Å². The van der Waals surface area contributed by atoms with Crippen LogP contribution in [0.2, 0.25) is 0 Å². The molecule has 8 aromatic carbocycles. The van der Waals surface area contributed by atoms with Gasteiger partial charge in [-0.15, -0.1) is 11.3 Å². The lowest BCUT2D eigenvalue weighted by Crippen LogP contribution is -2.01. The van der Waals surface area contributed by atoms with Crippen LogP contribution in [0, 0.1) is 0 Å². The SMILES string of the molecule is c1ccc2cc(-c3nc(-c4cccc5sc6ccccc6c45)nc(-c4ccc(-c5cccc6oc7ccccc7c56)c5oc6ccccc6c45)n3)ccc2c1. The zero-order valence-corrected chi connectivity index (χ0v) is 30.0. The van der Waals surface area contributed by atoms with Gasteiger partial charge in [0.15, 0.2) is 17.5 Å². The van der Waals surface area contributed by atoms with Gasteiger partial charge in [-0.1, -0.05) is 115 Å². The van der Waals surface area contributed by atoms with Crippen LogP contribution in [0.3, 0.4) is 0 Å². The monoisotopic (exact) mass is 721 g/mol. The summed E-state index contributed by atoms with van der Waals surface area (Å²) in [6.07, 6.45) is 0. The molecule has 0 aliphatic rings. The zero-order chi connectivity index (χ0) is 36.0. The molecule has 4 heterocycles. The molecule has 0 radical (unpaired) electrons. The second kappa shape index (κ2) is 11.7. The number of nitrogens with zero attached hydrogens (tertiary/aromatic N) is 3. The zero-order valence-electron chi connectivity index (χ0n) is 29.2. The van der Waals surface area contributed by atoms with Crippen molar-refractivity contribution in [1.82, 2.24) is 15.0 Å². The van der Waals surface area contributed by atoms with Crippen molar-refractivity contribution in [2.75, 3.05) is 0 Å². The molecule has 6 heteroatoms. The summed E-state index contributed by atoms with van der Waals surface area (Å²) >= 11 is 1.79. The molecule has 0 saturated heterocycles. The van der Waals surface area contributed by atoms with E-state index >= 15 is 0 Å². The number of hydrogen-bond acceptors (Lipinski definition) is 6. The van der Waals surface area contributed by atoms with Crippen molar-refractivity contribution in [3.05, 3.63) is 164 Å². The first-order valence-corrected chi connectivity index (χ1v) is 19.1. The summed E-state index contributed by atoms with van der Waals surface area (Å²) in [4.78, 5) is 15.9. The van der Waals surface area contributed by atoms with E-state index in [1.807, 2.05) is 36.4 Å². The van der Waals surface area contributed by atoms with Crippen LogP contribution in [-0.4, -0.2) is 15.0 Å². The fourth-order valence-corrected chi connectivity index (χ4v) is 9.39. The van der Waals surface area contributed by atoms with E-state index in [4.69, 9.17) is 23.8 Å². The van der Waals surface area contributed by atoms with Crippen molar-refractivity contribution >= 4 is 86.2 Å². The minimum Gasteiger partial charge on any atom is -0.456 e. The highest BCUT2D eigenvalue weighted by atomic mass is 32.1. The topological polar surface area (TPSA) is 65.0 Å². The quantitative estimate of drug-likeness (QED) is 0.181. The number of hydrogen-bond donors (Lipinski definition) is 0. The second-order valence-electron chi connectivity index (χ2n) is 13.9. The maximum absolute atomic E-state index is 6.81. The van der Waals surface area contributed by atoms with Crippen LogP contribution < -0.4 is 0 Å². The first kappa shape index (κ1) is 30.3. The maximum atomic E-state index is 6.81. The standard InChI is InChI=1S/C49H27N3O2S/c1-2-12-29-27-30(24-23-28(29)11-1)47-50-48(36-17-10-22-42-44(36)35-15-5-8-21-41(35)55-42)52-49(51-47)37-26-25-32(46-45(37)34-14-4-7-19-39(34)54-46)31-16-9-20-40-43(31)33-13-3-6-18-38(33)53-40/h1-27H. The molecule has 0 atom stereocenters. The van der Waals surface area contributed by atoms with Gasteiger partial charge in [0.25, 0.3) is 0 Å². The van der Waals surface area contributed by atoms with Gasteiger partial charge in [0, 0.05) is 64.0 Å². The molecule has 0 spiro atoms. The van der Waals surface area contributed by atoms with E-state index < -0.39 is 0 Å². The third-order valence-electron chi connectivity index (χ3n) is 10.7. The van der Waals surface area contributed by atoms with Gasteiger partial charge in [-0.3, -0.25) is 0 Å². The largest absolute Gasteiger partial charge is 0.456 e. The van der Waals surface area contributed by atoms with E-state index in [2.05, 4.69) is 127 Å². The second-order valence-corrected chi connectivity index (χ2v) is 15.0. The van der Waals surface area contributed by atoms with Gasteiger partial charge >= 0.3 is 0 Å². The summed E-state index contributed by atoms with van der Waals surface area (Å²) in [6, 6.07) is 56.7. The lowest BCUT2D eigenvalue weighted by atomic mass is 9.95. The van der Waals surface area contributed by atoms with Crippen LogP contribution in [0.1, 0.15) is 0 Å². The molecule has 5 nitrogen and oxygen atoms in total. The third kappa shape index (κ3) is 4.62. The minimum atomic E-state index is 0.583. The molecule has 0 unspecified atom stereocenters. The number of thiophene rings is 1. The number of fused-ring (bicyclic) bond motifs is 10. The van der Waals surface area contributed by atoms with Crippen molar-refractivity contribution in [3.63, 3.8) is 0 Å². The van der Waals surface area contributed by atoms with Gasteiger partial charge in [0.2, 0.25) is 0 Å². The Morgan fingerprint density at radius 3 is 1.82 bits per heavy atom. The predicted molar refractivity (Wildman–Crippen MR) is 227 cm³/mol. The molecule has 0 amide bonds. The van der Waals surface area contributed by atoms with E-state index in [-0.39, 0.29) is 0 Å². The molecule has 0 fully saturated rings. The first-order chi connectivity index (χ1) is 27.2. The smallest absolute Gasteiger partial charge is 0.164 e. The molecule has 0 N–H and O–H groups in total. The molecule has 0 aliphatic carbocycles. The summed E-state index contributed by atoms with van der Waals surface area (Å²) in [6.45, 7) is 0. The number of para-hydroxylation sites is 2. The average Bonchev–Trinajstić information content (AvgIpc) is 3.95. The Morgan fingerprint density at radius 1 is 0.364 bits per heavy atom. The van der Waals surface area contributed by atoms with Crippen LogP contribution in [0.15, 0.2) is 173 Å². The van der Waals surface area contributed by atoms with Crippen LogP contribution in [0.5, 0.6) is 0 Å². The molecular weight excluding hydrogens is 695 g/mol. The van der Waals surface area contributed by atoms with Crippen LogP contribution >= 0.6 is 11.3 Å². The van der Waals surface area contributed by atoms with Crippen molar-refractivity contribution in [2.24, 2.45) is 0 Å². The Bertz CT molecular complexity index is 3520. The van der Waals surface area contributed by atoms with Crippen molar-refractivity contribution < 1.29 is 8.83 Å². The van der Waals surface area contributed by atoms with E-state index in [0.717, 1.165) is 87.9 Å². The molecule has 0 aliphatic heterocycles. The van der Waals surface area contributed by atoms with Gasteiger partial charge in [0.05, 0.1) is 0 Å². The normalized spacial score (nSPS) is 12.0. The van der Waals surface area contributed by atoms with Crippen LogP contribution in [0.25, 0.3) is 120 Å². The highest BCUT2D eigenvalue weighted by molar-refractivity contribution is 7.25. The van der Waals surface area contributed by atoms with Gasteiger partial charge in [0.1, 0.15) is 22.3 Å². The Hall–Kier alpha value is -7.15. The number of rotatable bonds is 4. The highest BCUT2D eigenvalue weighted by Gasteiger charge is 2.23. The molecule has 0 bridgehead atoms. The Labute approximate surface area is 317 Å². The van der Waals surface area contributed by atoms with E-state index in [9.17, 15) is 0 Å². The van der Waals surface area contributed by atoms with Crippen LogP contribution in [0.4, 0.5) is 0 Å². The summed E-state index contributed by atoms with van der Waals surface area (Å²) in [5.41, 5.74) is 8.07. The minimum absolute atomic E-state index is 0.583. The van der Waals surface area contributed by atoms with Gasteiger partial charge in [-0.2, -0.15) is 0 Å². The van der Waals surface area contributed by atoms with E-state index in [1.54, 1.807) is 11.3 Å². The van der Waals surface area contributed by atoms with Gasteiger partial charge in [-0.05, 0) is 64.9 Å². The summed E-state index contributed by atoms with van der Waals surface area (Å²) in [7, 11) is 0. The first-order valence-electron chi connectivity index (χ1n) is 18.3. The predicted octanol–water partition coefficient (Wildman–Crippen LogP) is 13.9. The summed E-state index contributed by atoms with van der Waals surface area (Å²) in [5.74, 6) is 1.82. The van der Waals surface area contributed by atoms with E-state index in [0.29, 0.717) is 17.5 Å². The van der Waals surface area contributed by atoms with Gasteiger partial charge in [-0.25, -0.2) is 15.0 Å². The number of aromatic nitrogens is 3. The Kier molecular flexibility index (Phi) is 6.44. The third-order valence-corrected chi connectivity index (χ3v) is 11.9. The summed E-state index contributed by atoms with van der Waals surface area (Å²) < 4.78 is 15.5. The lowest BCUT2D eigenvalue weighted by Gasteiger charge is -2.12. The number of furan rings is 2. The maximum Gasteiger partial charge on any atom is 0.164 e.